The third kappa shape index (κ3) is 4.44. The van der Waals surface area contributed by atoms with E-state index in [2.05, 4.69) is 25.6 Å². The number of carbonyl (C=O) groups excluding carboxylic acids is 1. The van der Waals surface area contributed by atoms with Crippen molar-refractivity contribution in [1.82, 2.24) is 20.6 Å². The van der Waals surface area contributed by atoms with E-state index in [0.717, 1.165) is 27.9 Å². The summed E-state index contributed by atoms with van der Waals surface area (Å²) in [5, 5.41) is 6.81. The summed E-state index contributed by atoms with van der Waals surface area (Å²) < 4.78 is 5.14. The highest BCUT2D eigenvalue weighted by Crippen LogP contribution is 2.20. The maximum Gasteiger partial charge on any atom is 0.276 e. The lowest BCUT2D eigenvalue weighted by atomic mass is 10.2. The highest BCUT2D eigenvalue weighted by Gasteiger charge is 2.20. The van der Waals surface area contributed by atoms with Crippen LogP contribution in [-0.2, 0) is 11.3 Å². The van der Waals surface area contributed by atoms with E-state index in [1.54, 1.807) is 19.4 Å². The molecule has 0 spiro atoms. The number of aliphatic imine (C=N–C) groups is 1. The van der Waals surface area contributed by atoms with Crippen LogP contribution in [0.2, 0.25) is 0 Å². The Morgan fingerprint density at radius 2 is 1.96 bits per heavy atom. The molecule has 146 valence electrons. The minimum absolute atomic E-state index is 0. The van der Waals surface area contributed by atoms with E-state index in [-0.39, 0.29) is 30.7 Å². The minimum atomic E-state index is -0.236. The number of nitrogens with zero attached hydrogens (tertiary/aromatic N) is 2. The lowest BCUT2D eigenvalue weighted by Crippen LogP contribution is -2.35. The molecule has 1 amide bonds. The number of aromatic amines is 1. The van der Waals surface area contributed by atoms with Gasteiger partial charge in [-0.25, -0.2) is 9.98 Å². The van der Waals surface area contributed by atoms with Crippen molar-refractivity contribution in [2.45, 2.75) is 6.54 Å². The molecule has 0 saturated carbocycles. The van der Waals surface area contributed by atoms with Gasteiger partial charge in [-0.15, -0.1) is 24.8 Å². The second kappa shape index (κ2) is 9.25. The first-order valence-corrected chi connectivity index (χ1v) is 8.13. The van der Waals surface area contributed by atoms with Crippen molar-refractivity contribution in [2.24, 2.45) is 4.99 Å². The molecule has 4 rings (SSSR count). The van der Waals surface area contributed by atoms with Crippen LogP contribution in [0.5, 0.6) is 5.75 Å². The Kier molecular flexibility index (Phi) is 7.03. The molecule has 0 fully saturated rings. The summed E-state index contributed by atoms with van der Waals surface area (Å²) in [5.41, 5.74) is 3.06. The molecule has 3 N–H and O–H groups in total. The van der Waals surface area contributed by atoms with Crippen LogP contribution in [0.4, 0.5) is 0 Å². The van der Waals surface area contributed by atoms with Gasteiger partial charge in [-0.3, -0.25) is 10.1 Å². The fraction of sp³-hybridized carbons (Fsp3) is 0.105. The number of halogens is 2. The van der Waals surface area contributed by atoms with Crippen LogP contribution in [0.15, 0.2) is 59.5 Å². The number of guanidine groups is 1. The first kappa shape index (κ1) is 21.3. The number of fused-ring (bicyclic) bond motifs is 1. The number of ether oxygens (including phenoxy) is 1. The standard InChI is InChI=1S/C19H17N5O2.2ClH/c1-26-14-6-4-12(5-7-14)10-22-19-23-16(18(25)24-19)9-13-11-21-17-15(13)3-2-8-20-17;;/h2-9,11H,10H2,1H3,(H,20,21)(H2,22,23,24,25);2*1H/b16-9-;;. The SMILES string of the molecule is COc1ccc(CNC2=N/C(=C\c3c[nH]c4ncccc34)C(=O)N2)cc1.Cl.Cl. The van der Waals surface area contributed by atoms with Crippen LogP contribution in [-0.4, -0.2) is 28.9 Å². The fourth-order valence-corrected chi connectivity index (χ4v) is 2.73. The summed E-state index contributed by atoms with van der Waals surface area (Å²) in [7, 11) is 1.63. The maximum atomic E-state index is 12.2. The summed E-state index contributed by atoms with van der Waals surface area (Å²) in [6.45, 7) is 0.549. The van der Waals surface area contributed by atoms with Crippen molar-refractivity contribution >= 4 is 53.8 Å². The number of aromatic nitrogens is 2. The van der Waals surface area contributed by atoms with E-state index in [1.165, 1.54) is 0 Å². The fourth-order valence-electron chi connectivity index (χ4n) is 2.73. The lowest BCUT2D eigenvalue weighted by Gasteiger charge is -2.06. The molecule has 0 atom stereocenters. The Hall–Kier alpha value is -3.03. The summed E-state index contributed by atoms with van der Waals surface area (Å²) in [6.07, 6.45) is 5.28. The van der Waals surface area contributed by atoms with Crippen molar-refractivity contribution in [3.63, 3.8) is 0 Å². The number of H-pyrrole nitrogens is 1. The molecule has 0 bridgehead atoms. The second-order valence-corrected chi connectivity index (χ2v) is 5.79. The topological polar surface area (TPSA) is 91.4 Å². The van der Waals surface area contributed by atoms with Gasteiger partial charge in [0.1, 0.15) is 17.1 Å². The molecule has 1 aliphatic rings. The zero-order valence-electron chi connectivity index (χ0n) is 14.9. The maximum absolute atomic E-state index is 12.2. The molecule has 0 radical (unpaired) electrons. The van der Waals surface area contributed by atoms with Gasteiger partial charge in [-0.2, -0.15) is 0 Å². The molecule has 3 heterocycles. The lowest BCUT2D eigenvalue weighted by molar-refractivity contribution is -0.115. The Labute approximate surface area is 174 Å². The highest BCUT2D eigenvalue weighted by molar-refractivity contribution is 6.14. The number of rotatable bonds is 4. The van der Waals surface area contributed by atoms with Gasteiger partial charge in [0.05, 0.1) is 7.11 Å². The summed E-state index contributed by atoms with van der Waals surface area (Å²) in [6, 6.07) is 11.5. The number of benzene rings is 1. The molecule has 3 aromatic rings. The van der Waals surface area contributed by atoms with Gasteiger partial charge < -0.3 is 15.0 Å². The van der Waals surface area contributed by atoms with Gasteiger partial charge in [-0.1, -0.05) is 12.1 Å². The molecule has 0 unspecified atom stereocenters. The van der Waals surface area contributed by atoms with Crippen LogP contribution < -0.4 is 15.4 Å². The molecule has 7 nitrogen and oxygen atoms in total. The van der Waals surface area contributed by atoms with Gasteiger partial charge in [0, 0.05) is 29.9 Å². The molecule has 2 aromatic heterocycles. The molecule has 0 saturated heterocycles. The van der Waals surface area contributed by atoms with Gasteiger partial charge in [-0.05, 0) is 35.9 Å². The predicted octanol–water partition coefficient (Wildman–Crippen LogP) is 3.03. The summed E-state index contributed by atoms with van der Waals surface area (Å²) in [5.74, 6) is 1.01. The third-order valence-electron chi connectivity index (χ3n) is 4.09. The van der Waals surface area contributed by atoms with Crippen LogP contribution in [0, 0.1) is 0 Å². The minimum Gasteiger partial charge on any atom is -0.497 e. The number of carbonyl (C=O) groups is 1. The quantitative estimate of drug-likeness (QED) is 0.566. The Balaban J connectivity index is 0.00000140. The first-order chi connectivity index (χ1) is 12.7. The molecular weight excluding hydrogens is 401 g/mol. The third-order valence-corrected chi connectivity index (χ3v) is 4.09. The van der Waals surface area contributed by atoms with Gasteiger partial charge >= 0.3 is 0 Å². The van der Waals surface area contributed by atoms with Crippen LogP contribution in [0.25, 0.3) is 17.1 Å². The van der Waals surface area contributed by atoms with Crippen LogP contribution >= 0.6 is 24.8 Å². The Bertz CT molecular complexity index is 1030. The van der Waals surface area contributed by atoms with Crippen LogP contribution in [0.1, 0.15) is 11.1 Å². The smallest absolute Gasteiger partial charge is 0.276 e. The highest BCUT2D eigenvalue weighted by atomic mass is 35.5. The normalized spacial score (nSPS) is 14.1. The number of nitrogens with one attached hydrogen (secondary N) is 3. The number of hydrogen-bond donors (Lipinski definition) is 3. The van der Waals surface area contributed by atoms with Gasteiger partial charge in [0.25, 0.3) is 5.91 Å². The Morgan fingerprint density at radius 1 is 1.18 bits per heavy atom. The van der Waals surface area contributed by atoms with E-state index < -0.39 is 0 Å². The van der Waals surface area contributed by atoms with Crippen LogP contribution in [0.3, 0.4) is 0 Å². The number of hydrogen-bond acceptors (Lipinski definition) is 5. The van der Waals surface area contributed by atoms with Crippen molar-refractivity contribution in [3.8, 4) is 5.75 Å². The average molecular weight is 420 g/mol. The second-order valence-electron chi connectivity index (χ2n) is 5.79. The monoisotopic (exact) mass is 419 g/mol. The zero-order valence-corrected chi connectivity index (χ0v) is 16.6. The molecule has 0 aliphatic carbocycles. The Morgan fingerprint density at radius 3 is 2.71 bits per heavy atom. The van der Waals surface area contributed by atoms with E-state index >= 15 is 0 Å². The molecular formula is C19H19Cl2N5O2. The summed E-state index contributed by atoms with van der Waals surface area (Å²) in [4.78, 5) is 23.8. The van der Waals surface area contributed by atoms with Gasteiger partial charge in [0.2, 0.25) is 5.96 Å². The molecule has 1 aliphatic heterocycles. The van der Waals surface area contributed by atoms with E-state index in [1.807, 2.05) is 42.6 Å². The van der Waals surface area contributed by atoms with Gasteiger partial charge in [0.15, 0.2) is 0 Å². The average Bonchev–Trinajstić information content (AvgIpc) is 3.24. The van der Waals surface area contributed by atoms with Crippen molar-refractivity contribution in [1.29, 1.82) is 0 Å². The first-order valence-electron chi connectivity index (χ1n) is 8.13. The zero-order chi connectivity index (χ0) is 17.9. The number of methoxy groups -OCH3 is 1. The van der Waals surface area contributed by atoms with Crippen molar-refractivity contribution in [2.75, 3.05) is 7.11 Å². The predicted molar refractivity (Wildman–Crippen MR) is 114 cm³/mol. The number of pyridine rings is 1. The van der Waals surface area contributed by atoms with E-state index in [9.17, 15) is 4.79 Å². The molecule has 1 aromatic carbocycles. The van der Waals surface area contributed by atoms with Crippen molar-refractivity contribution < 1.29 is 9.53 Å². The molecule has 28 heavy (non-hydrogen) atoms. The number of amides is 1. The van der Waals surface area contributed by atoms with E-state index in [4.69, 9.17) is 4.74 Å². The largest absolute Gasteiger partial charge is 0.497 e. The summed E-state index contributed by atoms with van der Waals surface area (Å²) >= 11 is 0. The van der Waals surface area contributed by atoms with Crippen molar-refractivity contribution in [3.05, 3.63) is 65.6 Å². The van der Waals surface area contributed by atoms with E-state index in [0.29, 0.717) is 18.2 Å². The molecule has 9 heteroatoms.